The molecule has 27 heavy (non-hydrogen) atoms. The molecule has 7 nitrogen and oxygen atoms in total. The second-order valence-corrected chi connectivity index (χ2v) is 9.41. The van der Waals surface area contributed by atoms with Crippen LogP contribution in [0.3, 0.4) is 0 Å². The molecule has 0 N–H and O–H groups in total. The Bertz CT molecular complexity index is 949. The maximum absolute atomic E-state index is 13.0. The lowest BCUT2D eigenvalue weighted by atomic mass is 9.97. The van der Waals surface area contributed by atoms with Crippen molar-refractivity contribution in [2.45, 2.75) is 30.1 Å². The van der Waals surface area contributed by atoms with Crippen LogP contribution < -0.4 is 0 Å². The molecule has 0 bridgehead atoms. The van der Waals surface area contributed by atoms with Crippen LogP contribution in [0.1, 0.15) is 41.4 Å². The number of benzene rings is 1. The van der Waals surface area contributed by atoms with Crippen LogP contribution in [-0.2, 0) is 24.7 Å². The molecule has 1 fully saturated rings. The average Bonchev–Trinajstić information content (AvgIpc) is 3.18. The highest BCUT2D eigenvalue weighted by Crippen LogP contribution is 2.49. The van der Waals surface area contributed by atoms with Crippen LogP contribution in [-0.4, -0.2) is 45.6 Å². The van der Waals surface area contributed by atoms with Gasteiger partial charge < -0.3 is 14.0 Å². The van der Waals surface area contributed by atoms with Crippen LogP contribution in [0.5, 0.6) is 0 Å². The van der Waals surface area contributed by atoms with Crippen LogP contribution in [0, 0.1) is 0 Å². The van der Waals surface area contributed by atoms with Gasteiger partial charge in [-0.2, -0.15) is 0 Å². The third-order valence-corrected chi connectivity index (χ3v) is 7.18. The van der Waals surface area contributed by atoms with Crippen molar-refractivity contribution in [1.29, 1.82) is 0 Å². The Kier molecular flexibility index (Phi) is 5.85. The van der Waals surface area contributed by atoms with E-state index in [4.69, 9.17) is 14.0 Å². The number of hydrogen-bond donors (Lipinski definition) is 0. The summed E-state index contributed by atoms with van der Waals surface area (Å²) in [7, 11) is -2.23. The van der Waals surface area contributed by atoms with E-state index in [0.29, 0.717) is 17.9 Å². The van der Waals surface area contributed by atoms with Crippen molar-refractivity contribution < 1.29 is 27.2 Å². The predicted molar refractivity (Wildman–Crippen MR) is 101 cm³/mol. The topological polar surface area (TPSA) is 95.7 Å². The molecule has 0 amide bonds. The zero-order valence-corrected chi connectivity index (χ0v) is 17.4. The Morgan fingerprint density at radius 2 is 2.04 bits per heavy atom. The van der Waals surface area contributed by atoms with E-state index < -0.39 is 15.8 Å². The fraction of sp³-hybridized carbons (Fsp3) is 0.444. The smallest absolute Gasteiger partial charge is 0.203 e. The highest BCUT2D eigenvalue weighted by molar-refractivity contribution is 9.10. The molecule has 0 saturated heterocycles. The third kappa shape index (κ3) is 4.16. The molecule has 0 radical (unpaired) electrons. The van der Waals surface area contributed by atoms with Crippen LogP contribution in [0.4, 0.5) is 0 Å². The third-order valence-electron chi connectivity index (χ3n) is 4.58. The van der Waals surface area contributed by atoms with Gasteiger partial charge in [0.05, 0.1) is 29.9 Å². The van der Waals surface area contributed by atoms with E-state index in [1.165, 1.54) is 25.4 Å². The van der Waals surface area contributed by atoms with Gasteiger partial charge in [-0.15, -0.1) is 0 Å². The van der Waals surface area contributed by atoms with Crippen LogP contribution >= 0.6 is 15.9 Å². The number of sulfone groups is 1. The molecule has 9 heteroatoms. The molecule has 0 unspecified atom stereocenters. The number of methoxy groups -OCH3 is 1. The molecule has 3 rings (SSSR count). The number of hydrogen-bond acceptors (Lipinski definition) is 7. The van der Waals surface area contributed by atoms with Gasteiger partial charge in [-0.3, -0.25) is 4.79 Å². The van der Waals surface area contributed by atoms with Crippen molar-refractivity contribution in [3.05, 3.63) is 45.8 Å². The minimum Gasteiger partial charge on any atom is -0.382 e. The quantitative estimate of drug-likeness (QED) is 0.421. The average molecular weight is 458 g/mol. The standard InChI is InChI=1S/C18H20BrNO6S/c1-18(6-7-18)17-13(10-20-26-17)16(21)12-4-3-5-14(15(12)19)27(22,23)11-25-9-8-24-2/h3-5,10H,6-9,11H2,1-2H3. The Labute approximate surface area is 166 Å². The summed E-state index contributed by atoms with van der Waals surface area (Å²) >= 11 is 3.29. The molecule has 0 aliphatic heterocycles. The summed E-state index contributed by atoms with van der Waals surface area (Å²) in [6.45, 7) is 2.47. The molecule has 2 aromatic rings. The summed E-state index contributed by atoms with van der Waals surface area (Å²) in [4.78, 5) is 13.0. The van der Waals surface area contributed by atoms with Crippen LogP contribution in [0.2, 0.25) is 0 Å². The summed E-state index contributed by atoms with van der Waals surface area (Å²) in [6, 6.07) is 4.54. The van der Waals surface area contributed by atoms with E-state index in [9.17, 15) is 13.2 Å². The molecule has 1 aromatic heterocycles. The van der Waals surface area contributed by atoms with Gasteiger partial charge in [-0.05, 0) is 40.9 Å². The van der Waals surface area contributed by atoms with E-state index in [1.807, 2.05) is 6.92 Å². The largest absolute Gasteiger partial charge is 0.382 e. The van der Waals surface area contributed by atoms with Gasteiger partial charge in [0, 0.05) is 22.6 Å². The number of carbonyl (C=O) groups is 1. The predicted octanol–water partition coefficient (Wildman–Crippen LogP) is 3.11. The van der Waals surface area contributed by atoms with Crippen molar-refractivity contribution in [3.63, 3.8) is 0 Å². The number of carbonyl (C=O) groups excluding carboxylic acids is 1. The molecule has 1 aromatic carbocycles. The molecule has 1 saturated carbocycles. The molecule has 1 aliphatic rings. The molecule has 0 atom stereocenters. The molecule has 1 heterocycles. The van der Waals surface area contributed by atoms with Crippen molar-refractivity contribution in [3.8, 4) is 0 Å². The molecule has 0 spiro atoms. The van der Waals surface area contributed by atoms with E-state index in [1.54, 1.807) is 6.07 Å². The number of ether oxygens (including phenoxy) is 2. The first-order valence-corrected chi connectivity index (χ1v) is 10.8. The molecular formula is C18H20BrNO6S. The fourth-order valence-corrected chi connectivity index (χ4v) is 5.01. The summed E-state index contributed by atoms with van der Waals surface area (Å²) in [5.41, 5.74) is 0.426. The number of rotatable bonds is 9. The van der Waals surface area contributed by atoms with Gasteiger partial charge in [0.1, 0.15) is 0 Å². The normalized spacial score (nSPS) is 15.7. The van der Waals surface area contributed by atoms with Crippen molar-refractivity contribution in [2.75, 3.05) is 26.3 Å². The summed E-state index contributed by atoms with van der Waals surface area (Å²) < 4.78 is 40.7. The number of aromatic nitrogens is 1. The summed E-state index contributed by atoms with van der Waals surface area (Å²) in [5, 5.41) is 3.77. The zero-order valence-electron chi connectivity index (χ0n) is 15.0. The van der Waals surface area contributed by atoms with Gasteiger partial charge in [-0.25, -0.2) is 8.42 Å². The Hall–Kier alpha value is -1.55. The second kappa shape index (κ2) is 7.83. The van der Waals surface area contributed by atoms with E-state index >= 15 is 0 Å². The Morgan fingerprint density at radius 3 is 2.70 bits per heavy atom. The lowest BCUT2D eigenvalue weighted by Gasteiger charge is -2.11. The lowest BCUT2D eigenvalue weighted by Crippen LogP contribution is -2.15. The van der Waals surface area contributed by atoms with Gasteiger partial charge in [-0.1, -0.05) is 18.1 Å². The summed E-state index contributed by atoms with van der Waals surface area (Å²) in [6.07, 6.45) is 3.25. The highest BCUT2D eigenvalue weighted by Gasteiger charge is 2.45. The van der Waals surface area contributed by atoms with Gasteiger partial charge in [0.2, 0.25) is 9.84 Å². The fourth-order valence-electron chi connectivity index (χ4n) is 2.70. The second-order valence-electron chi connectivity index (χ2n) is 6.71. The number of ketones is 1. The SMILES string of the molecule is COCCOCS(=O)(=O)c1cccc(C(=O)c2cnoc2C2(C)CC2)c1Br. The lowest BCUT2D eigenvalue weighted by molar-refractivity contribution is 0.0928. The van der Waals surface area contributed by atoms with Crippen molar-refractivity contribution in [1.82, 2.24) is 5.16 Å². The first-order valence-electron chi connectivity index (χ1n) is 8.38. The van der Waals surface area contributed by atoms with E-state index in [0.717, 1.165) is 12.8 Å². The first kappa shape index (κ1) is 20.2. The minimum atomic E-state index is -3.74. The minimum absolute atomic E-state index is 0.00130. The van der Waals surface area contributed by atoms with Gasteiger partial charge in [0.15, 0.2) is 17.5 Å². The van der Waals surface area contributed by atoms with Crippen LogP contribution in [0.15, 0.2) is 38.3 Å². The maximum Gasteiger partial charge on any atom is 0.203 e. The van der Waals surface area contributed by atoms with Crippen molar-refractivity contribution >= 4 is 31.6 Å². The van der Waals surface area contributed by atoms with Gasteiger partial charge in [0.25, 0.3) is 0 Å². The van der Waals surface area contributed by atoms with E-state index in [-0.39, 0.29) is 32.7 Å². The molecule has 1 aliphatic carbocycles. The molecule has 146 valence electrons. The number of halogens is 1. The monoisotopic (exact) mass is 457 g/mol. The maximum atomic E-state index is 13.0. The van der Waals surface area contributed by atoms with E-state index in [2.05, 4.69) is 21.1 Å². The number of nitrogens with zero attached hydrogens (tertiary/aromatic N) is 1. The van der Waals surface area contributed by atoms with Crippen molar-refractivity contribution in [2.24, 2.45) is 0 Å². The Balaban J connectivity index is 1.89. The summed E-state index contributed by atoms with van der Waals surface area (Å²) in [5.74, 6) is -0.275. The highest BCUT2D eigenvalue weighted by atomic mass is 79.9. The first-order chi connectivity index (χ1) is 12.8. The van der Waals surface area contributed by atoms with Gasteiger partial charge >= 0.3 is 0 Å². The molecular weight excluding hydrogens is 438 g/mol. The Morgan fingerprint density at radius 1 is 1.30 bits per heavy atom. The van der Waals surface area contributed by atoms with Crippen LogP contribution in [0.25, 0.3) is 0 Å². The zero-order chi connectivity index (χ0) is 19.7.